The smallest absolute Gasteiger partial charge is 0.244 e. The Balaban J connectivity index is 1.97. The first-order valence-corrected chi connectivity index (χ1v) is 7.61. The van der Waals surface area contributed by atoms with E-state index in [0.29, 0.717) is 12.1 Å². The van der Waals surface area contributed by atoms with Crippen molar-refractivity contribution in [1.29, 1.82) is 0 Å². The van der Waals surface area contributed by atoms with Gasteiger partial charge in [-0.25, -0.2) is 8.78 Å². The summed E-state index contributed by atoms with van der Waals surface area (Å²) in [5.74, 6) is -1.13. The van der Waals surface area contributed by atoms with Gasteiger partial charge in [-0.15, -0.1) is 0 Å². The maximum atomic E-state index is 14.1. The number of carbonyl (C=O) groups excluding carboxylic acids is 1. The van der Waals surface area contributed by atoms with Gasteiger partial charge >= 0.3 is 0 Å². The van der Waals surface area contributed by atoms with Crippen molar-refractivity contribution in [3.05, 3.63) is 35.4 Å². The van der Waals surface area contributed by atoms with Crippen molar-refractivity contribution in [3.63, 3.8) is 0 Å². The van der Waals surface area contributed by atoms with Gasteiger partial charge < -0.3 is 4.90 Å². The van der Waals surface area contributed by atoms with Gasteiger partial charge in [-0.3, -0.25) is 10.1 Å². The van der Waals surface area contributed by atoms with Crippen LogP contribution in [-0.2, 0) is 4.79 Å². The molecule has 1 aromatic rings. The number of carbonyl (C=O) groups is 1. The average molecular weight is 294 g/mol. The van der Waals surface area contributed by atoms with Gasteiger partial charge in [-0.1, -0.05) is 19.8 Å². The maximum absolute atomic E-state index is 14.1. The molecule has 1 saturated carbocycles. The number of rotatable bonds is 3. The fraction of sp³-hybridized carbons (Fsp3) is 0.562. The first-order chi connectivity index (χ1) is 10.1. The molecule has 1 aliphatic carbocycles. The lowest BCUT2D eigenvalue weighted by Crippen LogP contribution is -2.44. The molecule has 1 spiro atoms. The Morgan fingerprint density at radius 3 is 2.67 bits per heavy atom. The lowest BCUT2D eigenvalue weighted by atomic mass is 9.98. The molecule has 1 aromatic carbocycles. The standard InChI is InChI=1S/C16H20F2N2O/c1-2-9-20-14(12-6-5-11(17)10-13(12)18)19-16(15(20)21)7-3-4-8-16/h5-6,10,14,19H,2-4,7-9H2,1H3. The number of benzene rings is 1. The number of nitrogens with one attached hydrogen (secondary N) is 1. The van der Waals surface area contributed by atoms with Crippen molar-refractivity contribution < 1.29 is 13.6 Å². The largest absolute Gasteiger partial charge is 0.321 e. The molecule has 1 aliphatic heterocycles. The van der Waals surface area contributed by atoms with Crippen molar-refractivity contribution in [2.75, 3.05) is 6.54 Å². The Hall–Kier alpha value is -1.49. The van der Waals surface area contributed by atoms with Crippen molar-refractivity contribution in [3.8, 4) is 0 Å². The highest BCUT2D eigenvalue weighted by Gasteiger charge is 2.52. The van der Waals surface area contributed by atoms with Gasteiger partial charge in [-0.2, -0.15) is 0 Å². The quantitative estimate of drug-likeness (QED) is 0.929. The summed E-state index contributed by atoms with van der Waals surface area (Å²) in [6.07, 6.45) is 3.94. The van der Waals surface area contributed by atoms with Crippen LogP contribution in [0.25, 0.3) is 0 Å². The minimum Gasteiger partial charge on any atom is -0.321 e. The minimum atomic E-state index is -0.601. The summed E-state index contributed by atoms with van der Waals surface area (Å²) >= 11 is 0. The second-order valence-electron chi connectivity index (χ2n) is 6.00. The molecule has 3 nitrogen and oxygen atoms in total. The fourth-order valence-electron chi connectivity index (χ4n) is 3.57. The number of hydrogen-bond acceptors (Lipinski definition) is 2. The Bertz CT molecular complexity index is 555. The number of nitrogens with zero attached hydrogens (tertiary/aromatic N) is 1. The van der Waals surface area contributed by atoms with Crippen LogP contribution in [0.4, 0.5) is 8.78 Å². The molecule has 2 fully saturated rings. The van der Waals surface area contributed by atoms with Crippen LogP contribution in [0.2, 0.25) is 0 Å². The van der Waals surface area contributed by atoms with E-state index in [1.165, 1.54) is 12.1 Å². The number of hydrogen-bond donors (Lipinski definition) is 1. The van der Waals surface area contributed by atoms with Crippen molar-refractivity contribution in [2.24, 2.45) is 0 Å². The molecule has 1 heterocycles. The third-order valence-corrected chi connectivity index (χ3v) is 4.57. The van der Waals surface area contributed by atoms with Crippen LogP contribution in [0, 0.1) is 11.6 Å². The molecule has 114 valence electrons. The SMILES string of the molecule is CCCN1C(=O)C2(CCCC2)NC1c1ccc(F)cc1F. The predicted octanol–water partition coefficient (Wildman–Crippen LogP) is 3.12. The van der Waals surface area contributed by atoms with Gasteiger partial charge in [0.2, 0.25) is 5.91 Å². The lowest BCUT2D eigenvalue weighted by molar-refractivity contribution is -0.133. The molecule has 1 saturated heterocycles. The fourth-order valence-corrected chi connectivity index (χ4v) is 3.57. The minimum absolute atomic E-state index is 0.0653. The highest BCUT2D eigenvalue weighted by atomic mass is 19.1. The molecule has 1 amide bonds. The van der Waals surface area contributed by atoms with Gasteiger partial charge in [0.15, 0.2) is 0 Å². The summed E-state index contributed by atoms with van der Waals surface area (Å²) in [5, 5.41) is 3.34. The Labute approximate surface area is 123 Å². The molecule has 1 atom stereocenters. The van der Waals surface area contributed by atoms with Crippen LogP contribution in [0.5, 0.6) is 0 Å². The first-order valence-electron chi connectivity index (χ1n) is 7.61. The molecule has 0 bridgehead atoms. The zero-order valence-corrected chi connectivity index (χ0v) is 12.2. The Morgan fingerprint density at radius 2 is 2.05 bits per heavy atom. The van der Waals surface area contributed by atoms with Crippen molar-refractivity contribution >= 4 is 5.91 Å². The Kier molecular flexibility index (Phi) is 3.69. The van der Waals surface area contributed by atoms with Gasteiger partial charge in [0, 0.05) is 18.2 Å². The summed E-state index contributed by atoms with van der Waals surface area (Å²) < 4.78 is 27.2. The molecule has 1 N–H and O–H groups in total. The van der Waals surface area contributed by atoms with E-state index in [2.05, 4.69) is 5.32 Å². The van der Waals surface area contributed by atoms with Crippen LogP contribution >= 0.6 is 0 Å². The second kappa shape index (κ2) is 5.37. The molecule has 3 rings (SSSR count). The topological polar surface area (TPSA) is 32.3 Å². The molecular weight excluding hydrogens is 274 g/mol. The van der Waals surface area contributed by atoms with Crippen molar-refractivity contribution in [1.82, 2.24) is 10.2 Å². The zero-order chi connectivity index (χ0) is 15.0. The van der Waals surface area contributed by atoms with Crippen LogP contribution in [0.3, 0.4) is 0 Å². The van der Waals surface area contributed by atoms with Crippen LogP contribution in [0.15, 0.2) is 18.2 Å². The van der Waals surface area contributed by atoms with E-state index in [9.17, 15) is 13.6 Å². The van der Waals surface area contributed by atoms with Gasteiger partial charge in [0.1, 0.15) is 17.8 Å². The van der Waals surface area contributed by atoms with E-state index in [0.717, 1.165) is 38.2 Å². The highest BCUT2D eigenvalue weighted by molar-refractivity contribution is 5.89. The van der Waals surface area contributed by atoms with E-state index >= 15 is 0 Å². The molecule has 0 aromatic heterocycles. The van der Waals surface area contributed by atoms with E-state index in [1.54, 1.807) is 4.90 Å². The highest BCUT2D eigenvalue weighted by Crippen LogP contribution is 2.41. The van der Waals surface area contributed by atoms with Gasteiger partial charge in [-0.05, 0) is 31.4 Å². The van der Waals surface area contributed by atoms with E-state index in [1.807, 2.05) is 6.92 Å². The van der Waals surface area contributed by atoms with Crippen molar-refractivity contribution in [2.45, 2.75) is 50.7 Å². The summed E-state index contributed by atoms with van der Waals surface area (Å²) in [6.45, 7) is 2.57. The van der Waals surface area contributed by atoms with E-state index in [-0.39, 0.29) is 5.91 Å². The maximum Gasteiger partial charge on any atom is 0.244 e. The second-order valence-corrected chi connectivity index (χ2v) is 6.00. The van der Waals surface area contributed by atoms with E-state index in [4.69, 9.17) is 0 Å². The van der Waals surface area contributed by atoms with Crippen LogP contribution < -0.4 is 5.32 Å². The number of amides is 1. The Morgan fingerprint density at radius 1 is 1.33 bits per heavy atom. The monoisotopic (exact) mass is 294 g/mol. The average Bonchev–Trinajstić information content (AvgIpc) is 3.01. The normalized spacial score (nSPS) is 24.2. The third-order valence-electron chi connectivity index (χ3n) is 4.57. The summed E-state index contributed by atoms with van der Waals surface area (Å²) in [4.78, 5) is 14.5. The molecule has 5 heteroatoms. The third kappa shape index (κ3) is 2.33. The van der Waals surface area contributed by atoms with Crippen LogP contribution in [0.1, 0.15) is 50.8 Å². The molecule has 2 aliphatic rings. The lowest BCUT2D eigenvalue weighted by Gasteiger charge is -2.24. The number of halogens is 2. The first kappa shape index (κ1) is 14.4. The molecular formula is C16H20F2N2O. The van der Waals surface area contributed by atoms with Gasteiger partial charge in [0.25, 0.3) is 0 Å². The zero-order valence-electron chi connectivity index (χ0n) is 12.2. The predicted molar refractivity (Wildman–Crippen MR) is 75.4 cm³/mol. The summed E-state index contributed by atoms with van der Waals surface area (Å²) in [5.41, 5.74) is -0.192. The van der Waals surface area contributed by atoms with Gasteiger partial charge in [0.05, 0.1) is 5.54 Å². The molecule has 1 unspecified atom stereocenters. The van der Waals surface area contributed by atoms with Crippen LogP contribution in [-0.4, -0.2) is 22.9 Å². The summed E-state index contributed by atoms with van der Waals surface area (Å²) in [6, 6.07) is 3.56. The summed E-state index contributed by atoms with van der Waals surface area (Å²) in [7, 11) is 0. The molecule has 0 radical (unpaired) electrons. The molecule has 21 heavy (non-hydrogen) atoms. The van der Waals surface area contributed by atoms with E-state index < -0.39 is 23.3 Å².